The van der Waals surface area contributed by atoms with Crippen molar-refractivity contribution in [3.8, 4) is 0 Å². The average molecular weight is 340 g/mol. The minimum Gasteiger partial charge on any atom is -1.00 e. The number of aromatic nitrogens is 2. The zero-order valence-electron chi connectivity index (χ0n) is 5.84. The Morgan fingerprint density at radius 1 is 1.25 bits per heavy atom. The molecule has 0 saturated heterocycles. The summed E-state index contributed by atoms with van der Waals surface area (Å²) in [5, 5.41) is 0.557. The molecule has 0 aliphatic rings. The van der Waals surface area contributed by atoms with Gasteiger partial charge < -0.3 is 41.6 Å². The van der Waals surface area contributed by atoms with Crippen LogP contribution in [0.1, 0.15) is 0 Å². The summed E-state index contributed by atoms with van der Waals surface area (Å²) in [7, 11) is 0. The smallest absolute Gasteiger partial charge is 1.00 e. The third-order valence-corrected chi connectivity index (χ3v) is 1.56. The second kappa shape index (κ2) is 5.01. The summed E-state index contributed by atoms with van der Waals surface area (Å²) >= 11 is 4.85. The van der Waals surface area contributed by atoms with Gasteiger partial charge in [0.15, 0.2) is 0 Å². The Morgan fingerprint density at radius 2 is 1.92 bits per heavy atom. The molecule has 0 aliphatic carbocycles. The molecule has 0 aliphatic heterocycles. The van der Waals surface area contributed by atoms with E-state index >= 15 is 0 Å². The van der Waals surface area contributed by atoms with Crippen molar-refractivity contribution in [1.82, 2.24) is 9.97 Å². The molecule has 0 fully saturated rings. The molecule has 1 heterocycles. The van der Waals surface area contributed by atoms with Crippen LogP contribution in [0.2, 0.25) is 0 Å². The minimum absolute atomic E-state index is 0. The van der Waals surface area contributed by atoms with Crippen molar-refractivity contribution < 1.29 is 41.0 Å². The standard InChI is InChI=1S/C7H6N2S.Cu.HI/c10-7-8-5-3-1-2-4-6(5)9-7;;/h1-4H,(H2,8,9,10);;1H/q;+1;/p-2. The van der Waals surface area contributed by atoms with E-state index in [4.69, 9.17) is 12.6 Å². The number of hydrogen-bond donors (Lipinski definition) is 1. The Balaban J connectivity index is 0.000000605. The molecule has 1 aromatic heterocycles. The van der Waals surface area contributed by atoms with Crippen molar-refractivity contribution >= 4 is 23.7 Å². The van der Waals surface area contributed by atoms with Gasteiger partial charge in [-0.25, -0.2) is 0 Å². The van der Waals surface area contributed by atoms with Crippen molar-refractivity contribution in [2.75, 3.05) is 0 Å². The SMILES string of the molecule is [Cu+].[I-].[S-]c1nc2ccccc2[nH]1. The van der Waals surface area contributed by atoms with E-state index < -0.39 is 0 Å². The molecular formula is C7H5CuIN2S-. The molecule has 1 N–H and O–H groups in total. The summed E-state index contributed by atoms with van der Waals surface area (Å²) in [5.41, 5.74) is 1.94. The van der Waals surface area contributed by atoms with Gasteiger partial charge in [-0.05, 0) is 17.3 Å². The van der Waals surface area contributed by atoms with Crippen LogP contribution in [-0.2, 0) is 29.7 Å². The molecule has 2 aromatic rings. The Hall–Kier alpha value is 0.159. The first-order valence-corrected chi connectivity index (χ1v) is 3.39. The van der Waals surface area contributed by atoms with E-state index in [9.17, 15) is 0 Å². The summed E-state index contributed by atoms with van der Waals surface area (Å²) in [6, 6.07) is 7.78. The molecule has 0 atom stereocenters. The number of hydrogen-bond acceptors (Lipinski definition) is 2. The van der Waals surface area contributed by atoms with Gasteiger partial charge in [0, 0.05) is 0 Å². The van der Waals surface area contributed by atoms with Crippen LogP contribution >= 0.6 is 0 Å². The third-order valence-electron chi connectivity index (χ3n) is 1.37. The first kappa shape index (κ1) is 12.2. The van der Waals surface area contributed by atoms with E-state index in [0.29, 0.717) is 5.16 Å². The molecule has 1 aromatic carbocycles. The van der Waals surface area contributed by atoms with Crippen LogP contribution in [0.25, 0.3) is 11.0 Å². The zero-order valence-corrected chi connectivity index (χ0v) is 9.76. The van der Waals surface area contributed by atoms with Gasteiger partial charge in [-0.2, -0.15) is 0 Å². The average Bonchev–Trinajstić information content (AvgIpc) is 2.27. The molecule has 0 saturated carbocycles. The van der Waals surface area contributed by atoms with E-state index in [1.807, 2.05) is 24.3 Å². The first-order valence-electron chi connectivity index (χ1n) is 2.98. The normalized spacial score (nSPS) is 8.67. The molecule has 2 rings (SSSR count). The predicted molar refractivity (Wildman–Crippen MR) is 41.7 cm³/mol. The van der Waals surface area contributed by atoms with Gasteiger partial charge in [0.1, 0.15) is 0 Å². The van der Waals surface area contributed by atoms with Gasteiger partial charge >= 0.3 is 17.1 Å². The number of rotatable bonds is 0. The van der Waals surface area contributed by atoms with E-state index in [1.165, 1.54) is 0 Å². The summed E-state index contributed by atoms with van der Waals surface area (Å²) in [6.07, 6.45) is 0. The number of H-pyrrole nitrogens is 1. The Labute approximate surface area is 103 Å². The maximum Gasteiger partial charge on any atom is 1.00 e. The van der Waals surface area contributed by atoms with Crippen molar-refractivity contribution in [3.63, 3.8) is 0 Å². The fourth-order valence-corrected chi connectivity index (χ4v) is 1.14. The summed E-state index contributed by atoms with van der Waals surface area (Å²) in [4.78, 5) is 7.03. The second-order valence-corrected chi connectivity index (χ2v) is 2.45. The van der Waals surface area contributed by atoms with Gasteiger partial charge in [-0.1, -0.05) is 12.1 Å². The van der Waals surface area contributed by atoms with Crippen molar-refractivity contribution in [1.29, 1.82) is 0 Å². The van der Waals surface area contributed by atoms with Gasteiger partial charge in [0.2, 0.25) is 0 Å². The molecule has 0 unspecified atom stereocenters. The number of para-hydroxylation sites is 2. The summed E-state index contributed by atoms with van der Waals surface area (Å²) < 4.78 is 0. The monoisotopic (exact) mass is 339 g/mol. The van der Waals surface area contributed by atoms with Crippen LogP contribution in [0.5, 0.6) is 0 Å². The molecular weight excluding hydrogens is 335 g/mol. The number of imidazole rings is 1. The van der Waals surface area contributed by atoms with Crippen LogP contribution < -0.4 is 24.0 Å². The molecule has 0 amide bonds. The van der Waals surface area contributed by atoms with Gasteiger partial charge in [0.05, 0.1) is 11.0 Å². The molecule has 2 nitrogen and oxygen atoms in total. The van der Waals surface area contributed by atoms with E-state index in [1.54, 1.807) is 0 Å². The second-order valence-electron chi connectivity index (χ2n) is 2.06. The fourth-order valence-electron chi connectivity index (χ4n) is 0.929. The largest absolute Gasteiger partial charge is 1.00 e. The molecule has 0 spiro atoms. The number of nitrogens with one attached hydrogen (secondary N) is 1. The van der Waals surface area contributed by atoms with Gasteiger partial charge in [-0.15, -0.1) is 0 Å². The number of nitrogens with zero attached hydrogens (tertiary/aromatic N) is 1. The van der Waals surface area contributed by atoms with Crippen molar-refractivity contribution in [2.45, 2.75) is 5.16 Å². The van der Waals surface area contributed by atoms with E-state index in [0.717, 1.165) is 11.0 Å². The number of fused-ring (bicyclic) bond motifs is 1. The molecule has 12 heavy (non-hydrogen) atoms. The zero-order chi connectivity index (χ0) is 6.97. The Kier molecular flexibility index (Phi) is 5.08. The molecule has 0 radical (unpaired) electrons. The maximum atomic E-state index is 4.85. The Bertz CT molecular complexity index is 330. The van der Waals surface area contributed by atoms with Crippen LogP contribution in [0, 0.1) is 0 Å². The topological polar surface area (TPSA) is 28.7 Å². The molecule has 5 heteroatoms. The summed E-state index contributed by atoms with van der Waals surface area (Å²) in [6.45, 7) is 0. The number of halogens is 1. The van der Waals surface area contributed by atoms with Crippen LogP contribution in [0.4, 0.5) is 0 Å². The number of aromatic amines is 1. The van der Waals surface area contributed by atoms with Crippen LogP contribution in [0.15, 0.2) is 29.4 Å². The Morgan fingerprint density at radius 3 is 2.58 bits per heavy atom. The molecule has 68 valence electrons. The molecule has 0 bridgehead atoms. The van der Waals surface area contributed by atoms with Gasteiger partial charge in [0.25, 0.3) is 0 Å². The third kappa shape index (κ3) is 2.32. The minimum atomic E-state index is 0. The quantitative estimate of drug-likeness (QED) is 0.358. The van der Waals surface area contributed by atoms with E-state index in [2.05, 4.69) is 9.97 Å². The number of benzene rings is 1. The van der Waals surface area contributed by atoms with E-state index in [-0.39, 0.29) is 41.0 Å². The predicted octanol–water partition coefficient (Wildman–Crippen LogP) is -1.53. The maximum absolute atomic E-state index is 4.85. The summed E-state index contributed by atoms with van der Waals surface area (Å²) in [5.74, 6) is 0. The fraction of sp³-hybridized carbons (Fsp3) is 0. The van der Waals surface area contributed by atoms with Gasteiger partial charge in [-0.3, -0.25) is 4.98 Å². The van der Waals surface area contributed by atoms with Crippen molar-refractivity contribution in [3.05, 3.63) is 24.3 Å². The first-order chi connectivity index (χ1) is 4.86. The van der Waals surface area contributed by atoms with Crippen LogP contribution in [0.3, 0.4) is 0 Å². The van der Waals surface area contributed by atoms with Crippen LogP contribution in [-0.4, -0.2) is 9.97 Å². The van der Waals surface area contributed by atoms with Crippen molar-refractivity contribution in [2.24, 2.45) is 0 Å².